The number of rotatable bonds is 2. The first-order chi connectivity index (χ1) is 5.91. The molecular formula is C7H9ClN2O2S. The van der Waals surface area contributed by atoms with Crippen molar-refractivity contribution in [2.45, 2.75) is 12.2 Å². The van der Waals surface area contributed by atoms with Gasteiger partial charge in [-0.1, -0.05) is 11.6 Å². The molecular weight excluding hydrogens is 212 g/mol. The fourth-order valence-corrected chi connectivity index (χ4v) is 1.38. The lowest BCUT2D eigenvalue weighted by Crippen LogP contribution is -2.11. The van der Waals surface area contributed by atoms with Crippen LogP contribution in [0.3, 0.4) is 0 Å². The minimum absolute atomic E-state index is 0.231. The second kappa shape index (κ2) is 3.59. The molecule has 1 aromatic rings. The van der Waals surface area contributed by atoms with Crippen LogP contribution in [0.5, 0.6) is 0 Å². The Balaban J connectivity index is 3.10. The van der Waals surface area contributed by atoms with Gasteiger partial charge in [0.15, 0.2) is 9.84 Å². The van der Waals surface area contributed by atoms with Gasteiger partial charge in [-0.15, -0.1) is 0 Å². The normalized spacial score (nSPS) is 14.1. The van der Waals surface area contributed by atoms with Crippen molar-refractivity contribution in [1.29, 1.82) is 0 Å². The van der Waals surface area contributed by atoms with Crippen LogP contribution in [0.2, 0.25) is 5.15 Å². The zero-order valence-corrected chi connectivity index (χ0v) is 8.80. The van der Waals surface area contributed by atoms with E-state index in [1.54, 1.807) is 0 Å². The summed E-state index contributed by atoms with van der Waals surface area (Å²) in [5.74, 6) is 0.231. The van der Waals surface area contributed by atoms with Crippen LogP contribution < -0.4 is 0 Å². The molecule has 6 heteroatoms. The molecule has 4 nitrogen and oxygen atoms in total. The molecule has 0 N–H and O–H groups in total. The maximum atomic E-state index is 11.1. The first-order valence-electron chi connectivity index (χ1n) is 3.58. The van der Waals surface area contributed by atoms with E-state index in [2.05, 4.69) is 9.97 Å². The molecule has 1 atom stereocenters. The summed E-state index contributed by atoms with van der Waals surface area (Å²) < 4.78 is 22.2. The summed E-state index contributed by atoms with van der Waals surface area (Å²) in [7, 11) is -3.16. The number of aromatic nitrogens is 2. The Labute approximate surface area is 81.9 Å². The third-order valence-electron chi connectivity index (χ3n) is 1.65. The maximum Gasteiger partial charge on any atom is 0.157 e. The van der Waals surface area contributed by atoms with Crippen LogP contribution in [0.1, 0.15) is 18.0 Å². The van der Waals surface area contributed by atoms with E-state index in [1.165, 1.54) is 19.2 Å². The van der Waals surface area contributed by atoms with Crippen molar-refractivity contribution in [3.8, 4) is 0 Å². The van der Waals surface area contributed by atoms with Gasteiger partial charge in [-0.3, -0.25) is 0 Å². The Hall–Kier alpha value is -0.680. The Morgan fingerprint density at radius 1 is 1.54 bits per heavy atom. The topological polar surface area (TPSA) is 59.9 Å². The molecule has 0 aliphatic rings. The van der Waals surface area contributed by atoms with E-state index in [0.29, 0.717) is 0 Å². The molecule has 0 aromatic carbocycles. The summed E-state index contributed by atoms with van der Waals surface area (Å²) in [6.45, 7) is 1.53. The van der Waals surface area contributed by atoms with Crippen LogP contribution in [-0.4, -0.2) is 24.6 Å². The highest BCUT2D eigenvalue weighted by molar-refractivity contribution is 7.90. The molecule has 0 saturated carbocycles. The summed E-state index contributed by atoms with van der Waals surface area (Å²) in [5.41, 5.74) is 0. The van der Waals surface area contributed by atoms with Gasteiger partial charge in [0.2, 0.25) is 0 Å². The van der Waals surface area contributed by atoms with Crippen LogP contribution in [0.25, 0.3) is 0 Å². The molecule has 0 spiro atoms. The summed E-state index contributed by atoms with van der Waals surface area (Å²) in [4.78, 5) is 7.65. The Bertz CT molecular complexity index is 405. The molecule has 0 aliphatic heterocycles. The molecule has 1 aromatic heterocycles. The van der Waals surface area contributed by atoms with Gasteiger partial charge in [-0.05, 0) is 13.0 Å². The molecule has 0 saturated heterocycles. The average molecular weight is 221 g/mol. The largest absolute Gasteiger partial charge is 0.240 e. The van der Waals surface area contributed by atoms with Crippen molar-refractivity contribution in [2.75, 3.05) is 6.26 Å². The van der Waals surface area contributed by atoms with Crippen LogP contribution in [0.15, 0.2) is 12.3 Å². The molecule has 0 bridgehead atoms. The first kappa shape index (κ1) is 10.4. The fourth-order valence-electron chi connectivity index (χ4n) is 0.738. The van der Waals surface area contributed by atoms with E-state index in [-0.39, 0.29) is 11.0 Å². The Morgan fingerprint density at radius 3 is 2.62 bits per heavy atom. The number of nitrogens with zero attached hydrogens (tertiary/aromatic N) is 2. The summed E-state index contributed by atoms with van der Waals surface area (Å²) in [6, 6.07) is 1.50. The van der Waals surface area contributed by atoms with Gasteiger partial charge in [0.05, 0.1) is 0 Å². The van der Waals surface area contributed by atoms with Crippen molar-refractivity contribution in [2.24, 2.45) is 0 Å². The van der Waals surface area contributed by atoms with Gasteiger partial charge >= 0.3 is 0 Å². The molecule has 0 amide bonds. The van der Waals surface area contributed by atoms with Crippen LogP contribution >= 0.6 is 11.6 Å². The highest BCUT2D eigenvalue weighted by Crippen LogP contribution is 2.17. The molecule has 1 rings (SSSR count). The van der Waals surface area contributed by atoms with Crippen LogP contribution in [0, 0.1) is 0 Å². The van der Waals surface area contributed by atoms with Crippen molar-refractivity contribution in [3.05, 3.63) is 23.2 Å². The van der Waals surface area contributed by atoms with Gasteiger partial charge < -0.3 is 0 Å². The molecule has 1 unspecified atom stereocenters. The lowest BCUT2D eigenvalue weighted by atomic mass is 10.4. The maximum absolute atomic E-state index is 11.1. The first-order valence-corrected chi connectivity index (χ1v) is 5.92. The van der Waals surface area contributed by atoms with Crippen LogP contribution in [0.4, 0.5) is 0 Å². The van der Waals surface area contributed by atoms with Gasteiger partial charge in [-0.25, -0.2) is 18.4 Å². The highest BCUT2D eigenvalue weighted by Gasteiger charge is 2.19. The quantitative estimate of drug-likeness (QED) is 0.704. The van der Waals surface area contributed by atoms with E-state index < -0.39 is 15.1 Å². The Kier molecular flexibility index (Phi) is 2.87. The predicted octanol–water partition coefficient (Wildman–Crippen LogP) is 1.24. The van der Waals surface area contributed by atoms with E-state index in [0.717, 1.165) is 6.26 Å². The summed E-state index contributed by atoms with van der Waals surface area (Å²) in [6.07, 6.45) is 2.58. The van der Waals surface area contributed by atoms with E-state index in [1.807, 2.05) is 0 Å². The lowest BCUT2D eigenvalue weighted by Gasteiger charge is -2.06. The van der Waals surface area contributed by atoms with Gasteiger partial charge in [0.25, 0.3) is 0 Å². The summed E-state index contributed by atoms with van der Waals surface area (Å²) in [5, 5.41) is -0.466. The number of halogens is 1. The van der Waals surface area contributed by atoms with Crippen LogP contribution in [-0.2, 0) is 9.84 Å². The van der Waals surface area contributed by atoms with E-state index >= 15 is 0 Å². The van der Waals surface area contributed by atoms with Crippen molar-refractivity contribution < 1.29 is 8.42 Å². The van der Waals surface area contributed by atoms with Crippen molar-refractivity contribution >= 4 is 21.4 Å². The van der Waals surface area contributed by atoms with Gasteiger partial charge in [0, 0.05) is 12.5 Å². The Morgan fingerprint density at radius 2 is 2.15 bits per heavy atom. The minimum atomic E-state index is -3.16. The summed E-state index contributed by atoms with van der Waals surface area (Å²) >= 11 is 5.59. The molecule has 0 radical (unpaired) electrons. The van der Waals surface area contributed by atoms with Gasteiger partial charge in [-0.2, -0.15) is 0 Å². The number of sulfone groups is 1. The molecule has 0 aliphatic carbocycles. The molecule has 13 heavy (non-hydrogen) atoms. The fraction of sp³-hybridized carbons (Fsp3) is 0.429. The molecule has 1 heterocycles. The zero-order chi connectivity index (χ0) is 10.1. The number of hydrogen-bond donors (Lipinski definition) is 0. The van der Waals surface area contributed by atoms with Gasteiger partial charge in [0.1, 0.15) is 16.2 Å². The monoisotopic (exact) mass is 220 g/mol. The average Bonchev–Trinajstić information content (AvgIpc) is 2.01. The second-order valence-corrected chi connectivity index (χ2v) is 5.46. The van der Waals surface area contributed by atoms with Crippen molar-refractivity contribution in [1.82, 2.24) is 9.97 Å². The third-order valence-corrected chi connectivity index (χ3v) is 3.35. The number of hydrogen-bond acceptors (Lipinski definition) is 4. The third kappa shape index (κ3) is 2.63. The predicted molar refractivity (Wildman–Crippen MR) is 50.3 cm³/mol. The highest BCUT2D eigenvalue weighted by atomic mass is 35.5. The van der Waals surface area contributed by atoms with Crippen molar-refractivity contribution in [3.63, 3.8) is 0 Å². The SMILES string of the molecule is CC(c1nccc(Cl)n1)S(C)(=O)=O. The zero-order valence-electron chi connectivity index (χ0n) is 7.23. The molecule has 0 fully saturated rings. The smallest absolute Gasteiger partial charge is 0.157 e. The molecule has 72 valence electrons. The second-order valence-electron chi connectivity index (χ2n) is 2.71. The minimum Gasteiger partial charge on any atom is -0.240 e. The van der Waals surface area contributed by atoms with E-state index in [9.17, 15) is 8.42 Å². The lowest BCUT2D eigenvalue weighted by molar-refractivity contribution is 0.589. The van der Waals surface area contributed by atoms with E-state index in [4.69, 9.17) is 11.6 Å². The standard InChI is InChI=1S/C7H9ClN2O2S/c1-5(13(2,11)12)7-9-4-3-6(8)10-7/h3-5H,1-2H3.